The van der Waals surface area contributed by atoms with Crippen LogP contribution in [0, 0.1) is 16.7 Å². The number of nitriles is 1. The third-order valence-electron chi connectivity index (χ3n) is 3.76. The molecule has 2 rings (SSSR count). The van der Waals surface area contributed by atoms with Gasteiger partial charge in [0.2, 0.25) is 0 Å². The Hall–Kier alpha value is -1.24. The normalized spacial score (nSPS) is 17.4. The topological polar surface area (TPSA) is 56.0 Å². The highest BCUT2D eigenvalue weighted by Gasteiger charge is 2.33. The van der Waals surface area contributed by atoms with Crippen molar-refractivity contribution in [2.45, 2.75) is 25.7 Å². The van der Waals surface area contributed by atoms with Crippen LogP contribution < -0.4 is 5.32 Å². The summed E-state index contributed by atoms with van der Waals surface area (Å²) < 4.78 is 0. The third kappa shape index (κ3) is 2.77. The monoisotopic (exact) mass is 264 g/mol. The average molecular weight is 265 g/mol. The fourth-order valence-electron chi connectivity index (χ4n) is 2.56. The summed E-state index contributed by atoms with van der Waals surface area (Å²) in [6.07, 6.45) is 4.42. The molecular weight excluding hydrogens is 248 g/mol. The van der Waals surface area contributed by atoms with Crippen LogP contribution in [-0.2, 0) is 0 Å². The molecule has 0 unspecified atom stereocenters. The molecule has 0 amide bonds. The number of halogens is 1. The number of benzene rings is 1. The van der Waals surface area contributed by atoms with Crippen LogP contribution in [0.2, 0.25) is 5.02 Å². The minimum absolute atomic E-state index is 0.0327. The smallest absolute Gasteiger partial charge is 0.101 e. The molecule has 18 heavy (non-hydrogen) atoms. The molecule has 0 radical (unpaired) electrons. The molecule has 0 bridgehead atoms. The van der Waals surface area contributed by atoms with Crippen LogP contribution in [0.3, 0.4) is 0 Å². The molecule has 0 saturated heterocycles. The van der Waals surface area contributed by atoms with Gasteiger partial charge in [-0.05, 0) is 31.0 Å². The predicted molar refractivity (Wildman–Crippen MR) is 72.6 cm³/mol. The molecule has 1 aliphatic carbocycles. The lowest BCUT2D eigenvalue weighted by molar-refractivity contribution is 0.142. The Morgan fingerprint density at radius 3 is 2.72 bits per heavy atom. The lowest BCUT2D eigenvalue weighted by atomic mass is 9.87. The number of anilines is 1. The molecule has 1 aromatic rings. The van der Waals surface area contributed by atoms with Crippen LogP contribution in [0.4, 0.5) is 5.69 Å². The van der Waals surface area contributed by atoms with Gasteiger partial charge in [0.25, 0.3) is 0 Å². The van der Waals surface area contributed by atoms with Crippen LogP contribution >= 0.6 is 11.6 Å². The van der Waals surface area contributed by atoms with E-state index in [1.54, 1.807) is 18.2 Å². The maximum Gasteiger partial charge on any atom is 0.101 e. The molecule has 0 spiro atoms. The van der Waals surface area contributed by atoms with Gasteiger partial charge in [0, 0.05) is 17.0 Å². The molecule has 0 heterocycles. The molecule has 1 aliphatic rings. The summed E-state index contributed by atoms with van der Waals surface area (Å²) >= 11 is 5.94. The lowest BCUT2D eigenvalue weighted by Crippen LogP contribution is -2.30. The van der Waals surface area contributed by atoms with E-state index in [1.165, 1.54) is 12.8 Å². The first-order chi connectivity index (χ1) is 8.69. The minimum atomic E-state index is -0.0327. The van der Waals surface area contributed by atoms with E-state index in [1.807, 2.05) is 0 Å². The number of aliphatic hydroxyl groups is 1. The van der Waals surface area contributed by atoms with Gasteiger partial charge >= 0.3 is 0 Å². The van der Waals surface area contributed by atoms with Crippen molar-refractivity contribution in [2.24, 2.45) is 5.41 Å². The molecule has 1 saturated carbocycles. The fourth-order valence-corrected chi connectivity index (χ4v) is 2.73. The number of aliphatic hydroxyl groups excluding tert-OH is 1. The van der Waals surface area contributed by atoms with Crippen LogP contribution in [-0.4, -0.2) is 18.3 Å². The van der Waals surface area contributed by atoms with Crippen molar-refractivity contribution in [2.75, 3.05) is 18.5 Å². The van der Waals surface area contributed by atoms with Crippen LogP contribution in [0.5, 0.6) is 0 Å². The Kier molecular flexibility index (Phi) is 4.11. The lowest BCUT2D eigenvalue weighted by Gasteiger charge is -2.27. The second-order valence-corrected chi connectivity index (χ2v) is 5.46. The van der Waals surface area contributed by atoms with Crippen molar-refractivity contribution < 1.29 is 5.11 Å². The highest BCUT2D eigenvalue weighted by atomic mass is 35.5. The van der Waals surface area contributed by atoms with Gasteiger partial charge in [0.15, 0.2) is 0 Å². The molecule has 4 heteroatoms. The van der Waals surface area contributed by atoms with Gasteiger partial charge in [-0.1, -0.05) is 24.4 Å². The first kappa shape index (κ1) is 13.2. The van der Waals surface area contributed by atoms with Gasteiger partial charge in [-0.2, -0.15) is 5.26 Å². The van der Waals surface area contributed by atoms with E-state index in [-0.39, 0.29) is 12.0 Å². The Balaban J connectivity index is 2.10. The summed E-state index contributed by atoms with van der Waals surface area (Å²) in [6.45, 7) is 0.890. The summed E-state index contributed by atoms with van der Waals surface area (Å²) in [4.78, 5) is 0. The standard InChI is InChI=1S/C14H17ClN2O/c15-12-4-3-11(8-16)13(7-12)17-9-14(10-18)5-1-2-6-14/h3-4,7,17-18H,1-2,5-6,9-10H2. The number of nitrogens with zero attached hydrogens (tertiary/aromatic N) is 1. The average Bonchev–Trinajstić information content (AvgIpc) is 2.86. The van der Waals surface area contributed by atoms with Crippen molar-refractivity contribution in [1.82, 2.24) is 0 Å². The molecule has 0 aliphatic heterocycles. The maximum atomic E-state index is 9.54. The van der Waals surface area contributed by atoms with Gasteiger partial charge in [-0.3, -0.25) is 0 Å². The number of rotatable bonds is 4. The Morgan fingerprint density at radius 2 is 2.11 bits per heavy atom. The Bertz CT molecular complexity index is 461. The zero-order valence-corrected chi connectivity index (χ0v) is 11.0. The van der Waals surface area contributed by atoms with E-state index < -0.39 is 0 Å². The zero-order chi connectivity index (χ0) is 13.0. The minimum Gasteiger partial charge on any atom is -0.396 e. The third-order valence-corrected chi connectivity index (χ3v) is 3.99. The van der Waals surface area contributed by atoms with Gasteiger partial charge in [0.1, 0.15) is 6.07 Å². The molecule has 0 aromatic heterocycles. The van der Waals surface area contributed by atoms with E-state index in [4.69, 9.17) is 16.9 Å². The second-order valence-electron chi connectivity index (χ2n) is 5.02. The summed E-state index contributed by atoms with van der Waals surface area (Å²) in [5.41, 5.74) is 1.31. The highest BCUT2D eigenvalue weighted by Crippen LogP contribution is 2.38. The molecule has 96 valence electrons. The summed E-state index contributed by atoms with van der Waals surface area (Å²) in [6, 6.07) is 7.33. The van der Waals surface area contributed by atoms with Gasteiger partial charge < -0.3 is 10.4 Å². The predicted octanol–water partition coefficient (Wildman–Crippen LogP) is 3.18. The SMILES string of the molecule is N#Cc1ccc(Cl)cc1NCC1(CO)CCCC1. The largest absolute Gasteiger partial charge is 0.396 e. The van der Waals surface area contributed by atoms with Crippen LogP contribution in [0.15, 0.2) is 18.2 Å². The van der Waals surface area contributed by atoms with Crippen LogP contribution in [0.1, 0.15) is 31.2 Å². The molecule has 3 nitrogen and oxygen atoms in total. The first-order valence-electron chi connectivity index (χ1n) is 6.23. The molecule has 0 atom stereocenters. The van der Waals surface area contributed by atoms with Crippen molar-refractivity contribution in [1.29, 1.82) is 5.26 Å². The number of hydrogen-bond acceptors (Lipinski definition) is 3. The summed E-state index contributed by atoms with van der Waals surface area (Å²) in [5, 5.41) is 22.5. The van der Waals surface area contributed by atoms with Crippen molar-refractivity contribution in [3.05, 3.63) is 28.8 Å². The summed E-state index contributed by atoms with van der Waals surface area (Å²) in [7, 11) is 0. The highest BCUT2D eigenvalue weighted by molar-refractivity contribution is 6.30. The zero-order valence-electron chi connectivity index (χ0n) is 10.2. The van der Waals surface area contributed by atoms with Gasteiger partial charge in [-0.25, -0.2) is 0 Å². The number of hydrogen-bond donors (Lipinski definition) is 2. The van der Waals surface area contributed by atoms with E-state index in [2.05, 4.69) is 11.4 Å². The first-order valence-corrected chi connectivity index (χ1v) is 6.61. The second kappa shape index (κ2) is 5.60. The van der Waals surface area contributed by atoms with E-state index in [0.29, 0.717) is 17.1 Å². The van der Waals surface area contributed by atoms with Crippen LogP contribution in [0.25, 0.3) is 0 Å². The summed E-state index contributed by atoms with van der Waals surface area (Å²) in [5.74, 6) is 0. The maximum absolute atomic E-state index is 9.54. The van der Waals surface area contributed by atoms with Crippen molar-refractivity contribution >= 4 is 17.3 Å². The Labute approximate surface area is 112 Å². The van der Waals surface area contributed by atoms with Crippen molar-refractivity contribution in [3.63, 3.8) is 0 Å². The van der Waals surface area contributed by atoms with Crippen molar-refractivity contribution in [3.8, 4) is 6.07 Å². The fraction of sp³-hybridized carbons (Fsp3) is 0.500. The van der Waals surface area contributed by atoms with E-state index in [0.717, 1.165) is 18.5 Å². The molecule has 1 aromatic carbocycles. The quantitative estimate of drug-likeness (QED) is 0.878. The molecular formula is C14H17ClN2O. The van der Waals surface area contributed by atoms with Gasteiger partial charge in [-0.15, -0.1) is 0 Å². The molecule has 2 N–H and O–H groups in total. The van der Waals surface area contributed by atoms with E-state index in [9.17, 15) is 5.11 Å². The van der Waals surface area contributed by atoms with Gasteiger partial charge in [0.05, 0.1) is 17.9 Å². The number of nitrogens with one attached hydrogen (secondary N) is 1. The van der Waals surface area contributed by atoms with E-state index >= 15 is 0 Å². The molecule has 1 fully saturated rings. The Morgan fingerprint density at radius 1 is 1.39 bits per heavy atom.